The van der Waals surface area contributed by atoms with E-state index in [1.807, 2.05) is 20.8 Å². The number of amides is 11. The van der Waals surface area contributed by atoms with Gasteiger partial charge >= 0.3 is 12.4 Å². The Bertz CT molecular complexity index is 2960. The average Bonchev–Trinajstić information content (AvgIpc) is 1.30. The number of halogens is 8. The fourth-order valence-electron chi connectivity index (χ4n) is 15.9. The molecule has 0 aromatic carbocycles. The van der Waals surface area contributed by atoms with Crippen LogP contribution in [0.15, 0.2) is 0 Å². The average molecular weight is 1460 g/mol. The van der Waals surface area contributed by atoms with Crippen LogP contribution in [0.2, 0.25) is 0 Å². The van der Waals surface area contributed by atoms with Gasteiger partial charge in [-0.2, -0.15) is 26.3 Å². The van der Waals surface area contributed by atoms with Gasteiger partial charge in [0.15, 0.2) is 0 Å². The van der Waals surface area contributed by atoms with Crippen molar-refractivity contribution in [3.63, 3.8) is 0 Å². The highest BCUT2D eigenvalue weighted by molar-refractivity contribution is 6.00. The Morgan fingerprint density at radius 2 is 1.19 bits per heavy atom. The number of hydrogen-bond donors (Lipinski definition) is 3. The number of ether oxygens (including phenoxy) is 1. The summed E-state index contributed by atoms with van der Waals surface area (Å²) in [6.45, 7) is 14.6. The molecule has 3 saturated carbocycles. The van der Waals surface area contributed by atoms with Crippen molar-refractivity contribution in [2.24, 2.45) is 41.4 Å². The van der Waals surface area contributed by atoms with E-state index in [9.17, 15) is 55.1 Å². The van der Waals surface area contributed by atoms with Crippen LogP contribution in [0, 0.1) is 41.4 Å². The lowest BCUT2D eigenvalue weighted by molar-refractivity contribution is -0.219. The van der Waals surface area contributed by atoms with Gasteiger partial charge in [-0.15, -0.1) is 0 Å². The van der Waals surface area contributed by atoms with Crippen molar-refractivity contribution in [3.05, 3.63) is 0 Å². The van der Waals surface area contributed by atoms with E-state index in [2.05, 4.69) is 16.0 Å². The Hall–Kier alpha value is -6.43. The third-order valence-electron chi connectivity index (χ3n) is 23.1. The number of nitrogens with one attached hydrogen (secondary N) is 3. The van der Waals surface area contributed by atoms with Crippen LogP contribution in [0.3, 0.4) is 0 Å². The Labute approximate surface area is 595 Å². The first-order chi connectivity index (χ1) is 47.5. The van der Waals surface area contributed by atoms with Gasteiger partial charge in [0.1, 0.15) is 72.1 Å². The lowest BCUT2D eigenvalue weighted by Crippen LogP contribution is -2.65. The molecule has 3 N–H and O–H groups in total. The normalized spacial score (nSPS) is 32.9. The fraction of sp³-hybridized carbons (Fsp3) is 0.845. The van der Waals surface area contributed by atoms with Gasteiger partial charge in [0.25, 0.3) is 0 Å². The van der Waals surface area contributed by atoms with Crippen molar-refractivity contribution in [1.82, 2.24) is 55.1 Å². The lowest BCUT2D eigenvalue weighted by Gasteiger charge is -2.45. The molecule has 0 bridgehead atoms. The van der Waals surface area contributed by atoms with Gasteiger partial charge in [0.2, 0.25) is 65.0 Å². The first-order valence-corrected chi connectivity index (χ1v) is 36.7. The number of fused-ring (bicyclic) bond motifs is 2. The Kier molecular flexibility index (Phi) is 29.5. The van der Waals surface area contributed by atoms with Crippen molar-refractivity contribution < 1.29 is 92.6 Å². The monoisotopic (exact) mass is 1460 g/mol. The maximum atomic E-state index is 15.4. The summed E-state index contributed by atoms with van der Waals surface area (Å²) in [5, 5.41) is 8.48. The van der Waals surface area contributed by atoms with E-state index in [0.29, 0.717) is 25.7 Å². The molecule has 31 heteroatoms. The lowest BCUT2D eigenvalue weighted by atomic mass is 9.76. The molecule has 0 radical (unpaired) electrons. The highest BCUT2D eigenvalue weighted by atomic mass is 19.4. The molecule has 0 aromatic heterocycles. The molecule has 580 valence electrons. The largest absolute Gasteiger partial charge is 0.397 e. The van der Waals surface area contributed by atoms with Crippen molar-refractivity contribution in [3.8, 4) is 0 Å². The summed E-state index contributed by atoms with van der Waals surface area (Å²) in [7, 11) is 8.26. The van der Waals surface area contributed by atoms with Crippen molar-refractivity contribution in [1.29, 1.82) is 0 Å². The van der Waals surface area contributed by atoms with Crippen LogP contribution in [0.1, 0.15) is 184 Å². The molecular formula is C71H113F8N11O12. The Morgan fingerprint density at radius 3 is 1.72 bits per heavy atom. The summed E-state index contributed by atoms with van der Waals surface area (Å²) in [4.78, 5) is 174. The molecule has 6 fully saturated rings. The molecule has 3 heterocycles. The van der Waals surface area contributed by atoms with Crippen molar-refractivity contribution >= 4 is 65.0 Å². The molecule has 11 amide bonds. The molecule has 1 spiro atoms. The molecule has 6 rings (SSSR count). The van der Waals surface area contributed by atoms with E-state index in [0.717, 1.165) is 19.6 Å². The number of alkyl halides is 8. The van der Waals surface area contributed by atoms with Crippen LogP contribution >= 0.6 is 0 Å². The van der Waals surface area contributed by atoms with Crippen molar-refractivity contribution in [2.45, 2.75) is 275 Å². The highest BCUT2D eigenvalue weighted by Gasteiger charge is 2.56. The van der Waals surface area contributed by atoms with E-state index in [-0.39, 0.29) is 103 Å². The van der Waals surface area contributed by atoms with Crippen LogP contribution < -0.4 is 16.0 Å². The number of carbonyl (C=O) groups excluding carboxylic acids is 11. The molecule has 102 heavy (non-hydrogen) atoms. The van der Waals surface area contributed by atoms with Gasteiger partial charge in [0.05, 0.1) is 18.6 Å². The first kappa shape index (κ1) is 84.5. The Balaban J connectivity index is 1.43. The van der Waals surface area contributed by atoms with Gasteiger partial charge < -0.3 is 59.9 Å². The molecule has 23 nitrogen and oxygen atoms in total. The summed E-state index contributed by atoms with van der Waals surface area (Å²) in [5.74, 6) is -15.4. The molecule has 3 saturated heterocycles. The molecule has 6 aliphatic rings. The third-order valence-corrected chi connectivity index (χ3v) is 23.1. The zero-order valence-electron chi connectivity index (χ0n) is 62.2. The molecular weight excluding hydrogens is 1350 g/mol. The summed E-state index contributed by atoms with van der Waals surface area (Å²) in [5.41, 5.74) is -1.65. The number of carbonyl (C=O) groups is 11. The van der Waals surface area contributed by atoms with Gasteiger partial charge in [-0.3, -0.25) is 52.7 Å². The van der Waals surface area contributed by atoms with Crippen LogP contribution in [0.4, 0.5) is 35.1 Å². The summed E-state index contributed by atoms with van der Waals surface area (Å²) in [6.07, 6.45) is -17.1. The highest BCUT2D eigenvalue weighted by Crippen LogP contribution is 2.45. The number of nitrogens with zero attached hydrogens (tertiary/aromatic N) is 8. The zero-order chi connectivity index (χ0) is 76.5. The van der Waals surface area contributed by atoms with Gasteiger partial charge in [-0.05, 0) is 134 Å². The molecule has 0 aromatic rings. The maximum absolute atomic E-state index is 15.4. The van der Waals surface area contributed by atoms with E-state index >= 15 is 32.8 Å². The minimum Gasteiger partial charge on any atom is -0.377 e. The van der Waals surface area contributed by atoms with Gasteiger partial charge in [0, 0.05) is 80.9 Å². The predicted octanol–water partition coefficient (Wildman–Crippen LogP) is 6.97. The summed E-state index contributed by atoms with van der Waals surface area (Å²) in [6, 6.07) is -11.4. The van der Waals surface area contributed by atoms with Crippen molar-refractivity contribution in [2.75, 3.05) is 68.5 Å². The van der Waals surface area contributed by atoms with E-state index in [1.54, 1.807) is 34.6 Å². The second kappa shape index (κ2) is 35.6. The third kappa shape index (κ3) is 19.9. The fourth-order valence-corrected chi connectivity index (χ4v) is 15.9. The maximum Gasteiger partial charge on any atom is 0.397 e. The first-order valence-electron chi connectivity index (χ1n) is 36.7. The van der Waals surface area contributed by atoms with Crippen LogP contribution in [-0.4, -0.2) is 263 Å². The molecule has 14 atom stereocenters. The second-order valence-corrected chi connectivity index (χ2v) is 30.6. The summed E-state index contributed by atoms with van der Waals surface area (Å²) < 4.78 is 120. The minimum absolute atomic E-state index is 0.0101. The quantitative estimate of drug-likeness (QED) is 0.158. The molecule has 2 unspecified atom stereocenters. The Morgan fingerprint density at radius 1 is 0.588 bits per heavy atom. The topological polar surface area (TPSA) is 259 Å². The van der Waals surface area contributed by atoms with Gasteiger partial charge in [-0.1, -0.05) is 67.2 Å². The molecule has 3 aliphatic carbocycles. The van der Waals surface area contributed by atoms with Crippen LogP contribution in [0.5, 0.6) is 0 Å². The molecule has 3 aliphatic heterocycles. The zero-order valence-corrected chi connectivity index (χ0v) is 62.2. The van der Waals surface area contributed by atoms with Gasteiger partial charge in [-0.25, -0.2) is 8.78 Å². The smallest absolute Gasteiger partial charge is 0.377 e. The summed E-state index contributed by atoms with van der Waals surface area (Å²) >= 11 is 0. The SMILES string of the molecule is CCO[C@@H]1C[C@H]2C(=O)NC3(CCCC3)C(=O)N(C)[C@@H]([C@@H](C)CC)C(=O)N(C)[C@H](C)CC(=O)N(C)[C@@H](CC(C)C)C(=O)N[C@@H]([C@@H](C)CC)C(=O)N(C)[C@@H](C)C(=O)N3CC[C@H]3C(=O)N(C)[C@@H](CC3CCC(C(F)(F)F)CC3)C(=O)N(C)CC(=O)N[C@@H](CCC3CC(F)C(C(F)(F)F)C(F)C3)C(=O)N2C1. The predicted molar refractivity (Wildman–Crippen MR) is 361 cm³/mol. The number of hydrogen-bond acceptors (Lipinski definition) is 12. The van der Waals surface area contributed by atoms with E-state index in [4.69, 9.17) is 4.74 Å². The standard InChI is InChI=1S/C71H113F8N11O12/c1-16-40(6)58-66(99)85(12)43(9)62(95)89-30-27-51(89)65(98)87(14)54(35-44-21-24-46(25-22-44)70(74,75)76)64(97)83(10)38-55(91)80-50(26-23-45-33-48(72)57(49(73)34-45)71(77,78)79)63(96)90-37-47(102-18-3)36-53(90)61(94)82-69(28-19-20-29-69)68(101)88(15)59(41(7)17-2)67(100)84(11)42(8)32-56(92)86(13)52(31-39(4)5)60(93)81-58/h39-54,57-59H,16-38H2,1-15H3,(H,80,91)(H,81,93)(H,82,94)/t40-,41-,42+,43-,44?,45?,46?,47+,48?,49?,50-,51-,52-,53-,54-,57?,58-,59-/m0/s1. The number of likely N-dealkylation sites (N-methyl/N-ethyl adjacent to an activating group) is 6. The second-order valence-electron chi connectivity index (χ2n) is 30.6. The minimum atomic E-state index is -5.20. The van der Waals surface area contributed by atoms with E-state index in [1.165, 1.54) is 68.8 Å². The van der Waals surface area contributed by atoms with Crippen LogP contribution in [0.25, 0.3) is 0 Å². The van der Waals surface area contributed by atoms with E-state index < -0.39 is 217 Å². The number of rotatable bonds is 13. The van der Waals surface area contributed by atoms with Crippen LogP contribution in [-0.2, 0) is 57.5 Å².